The van der Waals surface area contributed by atoms with Crippen LogP contribution in [0.3, 0.4) is 0 Å². The van der Waals surface area contributed by atoms with Gasteiger partial charge in [0.2, 0.25) is 5.91 Å². The molecule has 0 saturated carbocycles. The summed E-state index contributed by atoms with van der Waals surface area (Å²) in [5.41, 5.74) is 0.252. The minimum absolute atomic E-state index is 0.107. The van der Waals surface area contributed by atoms with Crippen LogP contribution >= 0.6 is 23.2 Å². The van der Waals surface area contributed by atoms with Crippen LogP contribution in [0.5, 0.6) is 0 Å². The summed E-state index contributed by atoms with van der Waals surface area (Å²) in [4.78, 5) is 25.4. The lowest BCUT2D eigenvalue weighted by atomic mass is 10.1. The molecule has 1 rings (SSSR count). The fourth-order valence-corrected chi connectivity index (χ4v) is 2.59. The summed E-state index contributed by atoms with van der Waals surface area (Å²) in [6.07, 6.45) is -0.364. The Morgan fingerprint density at radius 2 is 1.92 bits per heavy atom. The predicted octanol–water partition coefficient (Wildman–Crippen LogP) is 4.43. The van der Waals surface area contributed by atoms with Gasteiger partial charge in [-0.1, -0.05) is 29.3 Å². The van der Waals surface area contributed by atoms with Crippen LogP contribution in [-0.4, -0.2) is 36.1 Å². The largest absolute Gasteiger partial charge is 0.444 e. The Morgan fingerprint density at radius 1 is 1.29 bits per heavy atom. The van der Waals surface area contributed by atoms with Gasteiger partial charge < -0.3 is 15.0 Å². The maximum Gasteiger partial charge on any atom is 0.407 e. The third-order valence-electron chi connectivity index (χ3n) is 3.39. The molecule has 24 heavy (non-hydrogen) atoms. The van der Waals surface area contributed by atoms with Gasteiger partial charge >= 0.3 is 6.09 Å². The lowest BCUT2D eigenvalue weighted by Crippen LogP contribution is -2.36. The van der Waals surface area contributed by atoms with Gasteiger partial charge in [-0.25, -0.2) is 4.79 Å². The predicted molar refractivity (Wildman–Crippen MR) is 96.5 cm³/mol. The van der Waals surface area contributed by atoms with E-state index in [9.17, 15) is 9.59 Å². The zero-order chi connectivity index (χ0) is 18.5. The quantitative estimate of drug-likeness (QED) is 0.829. The summed E-state index contributed by atoms with van der Waals surface area (Å²) in [6, 6.07) is 4.99. The molecule has 1 aromatic carbocycles. The van der Waals surface area contributed by atoms with Gasteiger partial charge in [0.25, 0.3) is 0 Å². The van der Waals surface area contributed by atoms with E-state index in [0.29, 0.717) is 10.0 Å². The van der Waals surface area contributed by atoms with E-state index >= 15 is 0 Å². The molecule has 0 heterocycles. The molecule has 0 spiro atoms. The highest BCUT2D eigenvalue weighted by Crippen LogP contribution is 2.29. The highest BCUT2D eigenvalue weighted by Gasteiger charge is 2.20. The van der Waals surface area contributed by atoms with Crippen LogP contribution in [-0.2, 0) is 9.53 Å². The molecule has 0 bridgehead atoms. The van der Waals surface area contributed by atoms with Crippen molar-refractivity contribution in [1.29, 1.82) is 0 Å². The number of amides is 2. The van der Waals surface area contributed by atoms with Gasteiger partial charge in [0, 0.05) is 30.1 Å². The Kier molecular flexibility index (Phi) is 7.36. The van der Waals surface area contributed by atoms with Crippen molar-refractivity contribution in [3.05, 3.63) is 33.8 Å². The third-order valence-corrected chi connectivity index (χ3v) is 3.96. The number of hydrogen-bond donors (Lipinski definition) is 1. The highest BCUT2D eigenvalue weighted by molar-refractivity contribution is 6.35. The van der Waals surface area contributed by atoms with E-state index in [1.165, 1.54) is 0 Å². The van der Waals surface area contributed by atoms with Crippen molar-refractivity contribution in [3.8, 4) is 0 Å². The van der Waals surface area contributed by atoms with E-state index in [4.69, 9.17) is 27.9 Å². The van der Waals surface area contributed by atoms with Gasteiger partial charge in [0.15, 0.2) is 0 Å². The van der Waals surface area contributed by atoms with Crippen molar-refractivity contribution in [2.45, 2.75) is 45.8 Å². The van der Waals surface area contributed by atoms with E-state index in [1.54, 1.807) is 50.9 Å². The second kappa shape index (κ2) is 8.58. The topological polar surface area (TPSA) is 58.6 Å². The Morgan fingerprint density at radius 3 is 2.46 bits per heavy atom. The van der Waals surface area contributed by atoms with E-state index in [0.717, 1.165) is 5.56 Å². The van der Waals surface area contributed by atoms with Crippen molar-refractivity contribution in [3.63, 3.8) is 0 Å². The summed E-state index contributed by atoms with van der Waals surface area (Å²) in [6.45, 7) is 7.43. The molecule has 1 unspecified atom stereocenters. The van der Waals surface area contributed by atoms with Crippen LogP contribution in [0, 0.1) is 0 Å². The number of benzene rings is 1. The number of alkyl carbamates (subject to hydrolysis) is 1. The van der Waals surface area contributed by atoms with Crippen molar-refractivity contribution in [2.75, 3.05) is 13.6 Å². The van der Waals surface area contributed by atoms with Crippen LogP contribution in [0.25, 0.3) is 0 Å². The molecule has 1 N–H and O–H groups in total. The fraction of sp³-hybridized carbons (Fsp3) is 0.529. The molecule has 2 amide bonds. The first-order chi connectivity index (χ1) is 11.0. The number of halogens is 2. The van der Waals surface area contributed by atoms with Crippen LogP contribution in [0.1, 0.15) is 45.7 Å². The molecule has 0 saturated heterocycles. The second-order valence-corrected chi connectivity index (χ2v) is 7.37. The van der Waals surface area contributed by atoms with Crippen LogP contribution in [0.2, 0.25) is 10.0 Å². The van der Waals surface area contributed by atoms with E-state index < -0.39 is 11.7 Å². The van der Waals surface area contributed by atoms with Gasteiger partial charge in [-0.3, -0.25) is 4.79 Å². The van der Waals surface area contributed by atoms with E-state index in [1.807, 2.05) is 6.92 Å². The summed E-state index contributed by atoms with van der Waals surface area (Å²) < 4.78 is 5.12. The highest BCUT2D eigenvalue weighted by atomic mass is 35.5. The molecular weight excluding hydrogens is 351 g/mol. The second-order valence-electron chi connectivity index (χ2n) is 6.53. The van der Waals surface area contributed by atoms with Gasteiger partial charge in [-0.2, -0.15) is 0 Å². The van der Waals surface area contributed by atoms with Crippen molar-refractivity contribution in [1.82, 2.24) is 10.2 Å². The molecule has 7 heteroatoms. The number of hydrogen-bond acceptors (Lipinski definition) is 3. The van der Waals surface area contributed by atoms with Crippen LogP contribution < -0.4 is 5.32 Å². The number of nitrogens with one attached hydrogen (secondary N) is 1. The molecule has 0 radical (unpaired) electrons. The molecule has 0 aliphatic rings. The monoisotopic (exact) mass is 374 g/mol. The Labute approximate surface area is 153 Å². The summed E-state index contributed by atoms with van der Waals surface area (Å²) in [5, 5.41) is 3.63. The van der Waals surface area contributed by atoms with Gasteiger partial charge in [0.05, 0.1) is 6.04 Å². The molecular formula is C17H24Cl2N2O3. The number of nitrogens with zero attached hydrogens (tertiary/aromatic N) is 1. The number of carbonyl (C=O) groups excluding carboxylic acids is 2. The van der Waals surface area contributed by atoms with E-state index in [-0.39, 0.29) is 24.9 Å². The normalized spacial score (nSPS) is 12.5. The number of rotatable bonds is 5. The summed E-state index contributed by atoms with van der Waals surface area (Å²) in [5.74, 6) is -0.107. The van der Waals surface area contributed by atoms with Crippen molar-refractivity contribution in [2.24, 2.45) is 0 Å². The Hall–Kier alpha value is -1.46. The standard InChI is InChI=1S/C17H24Cl2N2O3/c1-11(13-7-6-12(18)10-14(13)19)21(5)15(22)8-9-20-16(23)24-17(2,3)4/h6-7,10-11H,8-9H2,1-5H3,(H,20,23). The first-order valence-corrected chi connectivity index (χ1v) is 8.44. The van der Waals surface area contributed by atoms with Crippen molar-refractivity contribution < 1.29 is 14.3 Å². The Bertz CT molecular complexity index is 600. The molecule has 0 aromatic heterocycles. The average Bonchev–Trinajstić information content (AvgIpc) is 2.43. The average molecular weight is 375 g/mol. The molecule has 1 aromatic rings. The van der Waals surface area contributed by atoms with Crippen LogP contribution in [0.15, 0.2) is 18.2 Å². The smallest absolute Gasteiger partial charge is 0.407 e. The maximum absolute atomic E-state index is 12.3. The van der Waals surface area contributed by atoms with Gasteiger partial charge in [0.1, 0.15) is 5.60 Å². The SMILES string of the molecule is CC(c1ccc(Cl)cc1Cl)N(C)C(=O)CCNC(=O)OC(C)(C)C. The fourth-order valence-electron chi connectivity index (χ4n) is 2.03. The molecule has 134 valence electrons. The maximum atomic E-state index is 12.3. The molecule has 0 aliphatic carbocycles. The summed E-state index contributed by atoms with van der Waals surface area (Å²) in [7, 11) is 1.70. The molecule has 0 fully saturated rings. The van der Waals surface area contributed by atoms with Crippen molar-refractivity contribution >= 4 is 35.2 Å². The lowest BCUT2D eigenvalue weighted by Gasteiger charge is -2.26. The third kappa shape index (κ3) is 6.57. The first kappa shape index (κ1) is 20.6. The molecule has 5 nitrogen and oxygen atoms in total. The lowest BCUT2D eigenvalue weighted by molar-refractivity contribution is -0.131. The number of carbonyl (C=O) groups is 2. The van der Waals surface area contributed by atoms with Gasteiger partial charge in [-0.05, 0) is 45.4 Å². The molecule has 0 aliphatic heterocycles. The molecule has 1 atom stereocenters. The Balaban J connectivity index is 2.54. The summed E-state index contributed by atoms with van der Waals surface area (Å²) >= 11 is 12.1. The van der Waals surface area contributed by atoms with Crippen LogP contribution in [0.4, 0.5) is 4.79 Å². The first-order valence-electron chi connectivity index (χ1n) is 7.68. The minimum Gasteiger partial charge on any atom is -0.444 e. The minimum atomic E-state index is -0.565. The zero-order valence-electron chi connectivity index (χ0n) is 14.7. The van der Waals surface area contributed by atoms with Gasteiger partial charge in [-0.15, -0.1) is 0 Å². The number of ether oxygens (including phenoxy) is 1. The van der Waals surface area contributed by atoms with E-state index in [2.05, 4.69) is 5.32 Å². The zero-order valence-corrected chi connectivity index (χ0v) is 16.2.